The molecular formula is C24H28ClN3O5. The van der Waals surface area contributed by atoms with Crippen LogP contribution in [0.25, 0.3) is 6.08 Å². The molecule has 0 unspecified atom stereocenters. The van der Waals surface area contributed by atoms with Crippen LogP contribution < -0.4 is 20.1 Å². The molecule has 2 aromatic rings. The van der Waals surface area contributed by atoms with Gasteiger partial charge >= 0.3 is 0 Å². The van der Waals surface area contributed by atoms with Crippen molar-refractivity contribution in [1.29, 1.82) is 0 Å². The maximum Gasteiger partial charge on any atom is 0.267 e. The summed E-state index contributed by atoms with van der Waals surface area (Å²) >= 11 is 5.91. The van der Waals surface area contributed by atoms with Crippen LogP contribution in [0.5, 0.6) is 11.5 Å². The van der Waals surface area contributed by atoms with Crippen molar-refractivity contribution in [3.63, 3.8) is 0 Å². The first-order chi connectivity index (χ1) is 16.0. The highest BCUT2D eigenvalue weighted by Gasteiger charge is 2.16. The van der Waals surface area contributed by atoms with Gasteiger partial charge in [-0.2, -0.15) is 0 Å². The lowest BCUT2D eigenvalue weighted by Crippen LogP contribution is -2.42. The molecule has 2 amide bonds. The van der Waals surface area contributed by atoms with E-state index in [1.807, 2.05) is 0 Å². The third kappa shape index (κ3) is 7.21. The quantitative estimate of drug-likeness (QED) is 0.544. The summed E-state index contributed by atoms with van der Waals surface area (Å²) in [6.45, 7) is 4.18. The minimum absolute atomic E-state index is 0.115. The number of ether oxygens (including phenoxy) is 3. The number of nitrogens with one attached hydrogen (secondary N) is 2. The molecule has 1 aliphatic heterocycles. The molecule has 8 nitrogen and oxygen atoms in total. The van der Waals surface area contributed by atoms with Gasteiger partial charge in [-0.1, -0.05) is 17.7 Å². The number of benzene rings is 2. The predicted octanol–water partition coefficient (Wildman–Crippen LogP) is 2.58. The second-order valence-electron chi connectivity index (χ2n) is 7.34. The Kier molecular flexibility index (Phi) is 9.12. The monoisotopic (exact) mass is 473 g/mol. The van der Waals surface area contributed by atoms with Crippen LogP contribution in [0.2, 0.25) is 5.02 Å². The molecule has 0 atom stereocenters. The summed E-state index contributed by atoms with van der Waals surface area (Å²) in [6.07, 6.45) is 1.60. The van der Waals surface area contributed by atoms with Crippen LogP contribution >= 0.6 is 11.6 Å². The Morgan fingerprint density at radius 2 is 1.76 bits per heavy atom. The molecule has 0 spiro atoms. The fourth-order valence-corrected chi connectivity index (χ4v) is 3.44. The van der Waals surface area contributed by atoms with E-state index in [4.69, 9.17) is 25.8 Å². The molecule has 0 bridgehead atoms. The Hall–Kier alpha value is -3.07. The minimum atomic E-state index is -0.415. The van der Waals surface area contributed by atoms with Gasteiger partial charge in [-0.3, -0.25) is 14.5 Å². The van der Waals surface area contributed by atoms with E-state index in [-0.39, 0.29) is 11.6 Å². The van der Waals surface area contributed by atoms with Crippen molar-refractivity contribution in [3.8, 4) is 11.5 Å². The third-order valence-corrected chi connectivity index (χ3v) is 5.39. The van der Waals surface area contributed by atoms with Crippen LogP contribution in [0.15, 0.2) is 48.2 Å². The molecule has 1 saturated heterocycles. The summed E-state index contributed by atoms with van der Waals surface area (Å²) in [6, 6.07) is 11.7. The van der Waals surface area contributed by atoms with E-state index < -0.39 is 5.91 Å². The van der Waals surface area contributed by atoms with Crippen molar-refractivity contribution < 1.29 is 23.8 Å². The second-order valence-corrected chi connectivity index (χ2v) is 7.78. The van der Waals surface area contributed by atoms with Crippen LogP contribution in [0.4, 0.5) is 0 Å². The van der Waals surface area contributed by atoms with E-state index in [0.717, 1.165) is 13.1 Å². The van der Waals surface area contributed by atoms with E-state index in [9.17, 15) is 9.59 Å². The Morgan fingerprint density at radius 3 is 2.42 bits per heavy atom. The number of carbonyl (C=O) groups is 2. The summed E-state index contributed by atoms with van der Waals surface area (Å²) in [4.78, 5) is 28.0. The Balaban J connectivity index is 1.77. The molecule has 0 radical (unpaired) electrons. The predicted molar refractivity (Wildman–Crippen MR) is 127 cm³/mol. The van der Waals surface area contributed by atoms with Gasteiger partial charge in [0.05, 0.1) is 27.4 Å². The fourth-order valence-electron chi connectivity index (χ4n) is 3.31. The van der Waals surface area contributed by atoms with E-state index in [1.165, 1.54) is 7.11 Å². The SMILES string of the molecule is COc1ccc(C=C(NC(=O)c2ccc(Cl)cc2)C(=O)NCCN2CCOCC2)cc1OC. The zero-order valence-electron chi connectivity index (χ0n) is 18.7. The van der Waals surface area contributed by atoms with Gasteiger partial charge in [0.2, 0.25) is 0 Å². The van der Waals surface area contributed by atoms with Gasteiger partial charge in [0.15, 0.2) is 11.5 Å². The van der Waals surface area contributed by atoms with E-state index in [0.29, 0.717) is 54.0 Å². The highest BCUT2D eigenvalue weighted by atomic mass is 35.5. The number of nitrogens with zero attached hydrogens (tertiary/aromatic N) is 1. The average Bonchev–Trinajstić information content (AvgIpc) is 2.84. The summed E-state index contributed by atoms with van der Waals surface area (Å²) in [5.41, 5.74) is 1.17. The van der Waals surface area contributed by atoms with Gasteiger partial charge < -0.3 is 24.8 Å². The first kappa shape index (κ1) is 24.6. The average molecular weight is 474 g/mol. The zero-order chi connectivity index (χ0) is 23.6. The van der Waals surface area contributed by atoms with Crippen molar-refractivity contribution in [2.75, 3.05) is 53.6 Å². The Morgan fingerprint density at radius 1 is 1.06 bits per heavy atom. The van der Waals surface area contributed by atoms with Crippen LogP contribution in [0.3, 0.4) is 0 Å². The zero-order valence-corrected chi connectivity index (χ0v) is 19.5. The molecule has 0 aromatic heterocycles. The first-order valence-corrected chi connectivity index (χ1v) is 11.0. The standard InChI is InChI=1S/C24H28ClN3O5/c1-31-21-8-3-17(16-22(21)32-2)15-20(27-23(29)18-4-6-19(25)7-5-18)24(30)26-9-10-28-11-13-33-14-12-28/h3-8,15-16H,9-14H2,1-2H3,(H,26,30)(H,27,29). The second kappa shape index (κ2) is 12.2. The molecule has 3 rings (SSSR count). The van der Waals surface area contributed by atoms with Crippen LogP contribution in [0.1, 0.15) is 15.9 Å². The van der Waals surface area contributed by atoms with E-state index in [2.05, 4.69) is 15.5 Å². The number of carbonyl (C=O) groups excluding carboxylic acids is 2. The summed E-state index contributed by atoms with van der Waals surface area (Å²) < 4.78 is 16.0. The molecule has 1 heterocycles. The van der Waals surface area contributed by atoms with Gasteiger partial charge in [0.1, 0.15) is 5.70 Å². The normalized spacial score (nSPS) is 14.5. The van der Waals surface area contributed by atoms with E-state index >= 15 is 0 Å². The van der Waals surface area contributed by atoms with Crippen molar-refractivity contribution in [1.82, 2.24) is 15.5 Å². The van der Waals surface area contributed by atoms with Gasteiger partial charge in [-0.15, -0.1) is 0 Å². The fraction of sp³-hybridized carbons (Fsp3) is 0.333. The van der Waals surface area contributed by atoms with Gasteiger partial charge in [0, 0.05) is 36.8 Å². The number of morpholine rings is 1. The smallest absolute Gasteiger partial charge is 0.267 e. The topological polar surface area (TPSA) is 89.1 Å². The number of halogens is 1. The number of hydrogen-bond acceptors (Lipinski definition) is 6. The number of rotatable bonds is 9. The molecule has 0 saturated carbocycles. The molecule has 1 aliphatic rings. The summed E-state index contributed by atoms with van der Waals surface area (Å²) in [5.74, 6) is 0.279. The van der Waals surface area contributed by atoms with Crippen molar-refractivity contribution in [2.24, 2.45) is 0 Å². The maximum absolute atomic E-state index is 13.0. The number of methoxy groups -OCH3 is 2. The van der Waals surface area contributed by atoms with Crippen LogP contribution in [0, 0.1) is 0 Å². The highest BCUT2D eigenvalue weighted by molar-refractivity contribution is 6.30. The minimum Gasteiger partial charge on any atom is -0.493 e. The van der Waals surface area contributed by atoms with Gasteiger partial charge in [0.25, 0.3) is 11.8 Å². The molecule has 1 fully saturated rings. The summed E-state index contributed by atoms with van der Waals surface area (Å²) in [5, 5.41) is 6.12. The Labute approximate surface area is 198 Å². The molecule has 176 valence electrons. The number of amides is 2. The maximum atomic E-state index is 13.0. The van der Waals surface area contributed by atoms with Crippen LogP contribution in [-0.2, 0) is 9.53 Å². The largest absolute Gasteiger partial charge is 0.493 e. The first-order valence-electron chi connectivity index (χ1n) is 10.6. The lowest BCUT2D eigenvalue weighted by molar-refractivity contribution is -0.117. The van der Waals surface area contributed by atoms with Gasteiger partial charge in [-0.05, 0) is 48.0 Å². The molecule has 2 N–H and O–H groups in total. The third-order valence-electron chi connectivity index (χ3n) is 5.14. The highest BCUT2D eigenvalue weighted by Crippen LogP contribution is 2.28. The summed E-state index contributed by atoms with van der Waals surface area (Å²) in [7, 11) is 3.08. The van der Waals surface area contributed by atoms with Gasteiger partial charge in [-0.25, -0.2) is 0 Å². The Bertz CT molecular complexity index is 988. The molecule has 9 heteroatoms. The molecular weight excluding hydrogens is 446 g/mol. The van der Waals surface area contributed by atoms with Crippen molar-refractivity contribution in [3.05, 3.63) is 64.3 Å². The van der Waals surface area contributed by atoms with Crippen molar-refractivity contribution in [2.45, 2.75) is 0 Å². The number of hydrogen-bond donors (Lipinski definition) is 2. The van der Waals surface area contributed by atoms with E-state index in [1.54, 1.807) is 55.7 Å². The molecule has 33 heavy (non-hydrogen) atoms. The van der Waals surface area contributed by atoms with Crippen molar-refractivity contribution >= 4 is 29.5 Å². The van der Waals surface area contributed by atoms with Crippen LogP contribution in [-0.4, -0.2) is 70.3 Å². The lowest BCUT2D eigenvalue weighted by Gasteiger charge is -2.26. The molecule has 0 aliphatic carbocycles. The lowest BCUT2D eigenvalue weighted by atomic mass is 10.1. The molecule has 2 aromatic carbocycles.